The molecule has 3 unspecified atom stereocenters. The molecule has 0 spiro atoms. The summed E-state index contributed by atoms with van der Waals surface area (Å²) in [5.41, 5.74) is 6.15. The number of likely N-dealkylation sites (tertiary alicyclic amines) is 1. The standard InChI is InChI=1S/C18H33N3O2/c1-13-10-20(11-14(2)23-13)12-16-6-4-8-21(16)18(22)9-15-5-3-7-17(15)19/h13-17H,3-12,19H2,1-2H3/t13?,14?,15-,16?,17+/m0/s1. The summed E-state index contributed by atoms with van der Waals surface area (Å²) in [7, 11) is 0. The SMILES string of the molecule is CC1CN(CC2CCCN2C(=O)C[C@@H]2CCC[C@H]2N)CC(C)O1. The van der Waals surface area contributed by atoms with E-state index in [-0.39, 0.29) is 6.04 Å². The highest BCUT2D eigenvalue weighted by Gasteiger charge is 2.34. The quantitative estimate of drug-likeness (QED) is 0.854. The molecule has 0 aromatic carbocycles. The lowest BCUT2D eigenvalue weighted by Crippen LogP contribution is -2.51. The lowest BCUT2D eigenvalue weighted by molar-refractivity contribution is -0.134. The Hall–Kier alpha value is -0.650. The number of amides is 1. The highest BCUT2D eigenvalue weighted by Crippen LogP contribution is 2.29. The molecule has 2 saturated heterocycles. The summed E-state index contributed by atoms with van der Waals surface area (Å²) < 4.78 is 5.82. The van der Waals surface area contributed by atoms with Gasteiger partial charge in [0.2, 0.25) is 5.91 Å². The summed E-state index contributed by atoms with van der Waals surface area (Å²) in [6.45, 7) is 8.18. The van der Waals surface area contributed by atoms with E-state index < -0.39 is 0 Å². The Labute approximate surface area is 140 Å². The molecule has 3 aliphatic rings. The molecular weight excluding hydrogens is 290 g/mol. The van der Waals surface area contributed by atoms with Gasteiger partial charge in [0.1, 0.15) is 0 Å². The van der Waals surface area contributed by atoms with Crippen molar-refractivity contribution < 1.29 is 9.53 Å². The molecule has 2 heterocycles. The van der Waals surface area contributed by atoms with Crippen LogP contribution in [0.15, 0.2) is 0 Å². The summed E-state index contributed by atoms with van der Waals surface area (Å²) in [6.07, 6.45) is 6.93. The Morgan fingerprint density at radius 2 is 1.87 bits per heavy atom. The Morgan fingerprint density at radius 1 is 1.13 bits per heavy atom. The molecule has 1 amide bonds. The van der Waals surface area contributed by atoms with Crippen molar-refractivity contribution in [1.29, 1.82) is 0 Å². The van der Waals surface area contributed by atoms with Crippen LogP contribution in [-0.4, -0.2) is 66.2 Å². The molecule has 5 atom stereocenters. The minimum atomic E-state index is 0.237. The van der Waals surface area contributed by atoms with E-state index in [0.29, 0.717) is 36.5 Å². The summed E-state index contributed by atoms with van der Waals surface area (Å²) in [5, 5.41) is 0. The number of hydrogen-bond donors (Lipinski definition) is 1. The number of rotatable bonds is 4. The Morgan fingerprint density at radius 3 is 2.52 bits per heavy atom. The zero-order valence-electron chi connectivity index (χ0n) is 14.7. The lowest BCUT2D eigenvalue weighted by atomic mass is 9.99. The smallest absolute Gasteiger partial charge is 0.223 e. The van der Waals surface area contributed by atoms with Crippen LogP contribution in [-0.2, 0) is 9.53 Å². The van der Waals surface area contributed by atoms with Gasteiger partial charge in [-0.25, -0.2) is 0 Å². The number of nitrogens with zero attached hydrogens (tertiary/aromatic N) is 2. The van der Waals surface area contributed by atoms with E-state index >= 15 is 0 Å². The summed E-state index contributed by atoms with van der Waals surface area (Å²) in [5.74, 6) is 0.747. The molecule has 0 bridgehead atoms. The predicted octanol–water partition coefficient (Wildman–Crippen LogP) is 1.60. The molecule has 3 fully saturated rings. The number of morpholine rings is 1. The zero-order chi connectivity index (χ0) is 16.4. The van der Waals surface area contributed by atoms with Crippen LogP contribution in [0.1, 0.15) is 52.4 Å². The van der Waals surface area contributed by atoms with Crippen LogP contribution in [0.5, 0.6) is 0 Å². The fraction of sp³-hybridized carbons (Fsp3) is 0.944. The molecule has 2 N–H and O–H groups in total. The van der Waals surface area contributed by atoms with Gasteiger partial charge in [-0.1, -0.05) is 6.42 Å². The monoisotopic (exact) mass is 323 g/mol. The van der Waals surface area contributed by atoms with Crippen molar-refractivity contribution >= 4 is 5.91 Å². The van der Waals surface area contributed by atoms with Crippen molar-refractivity contribution in [1.82, 2.24) is 9.80 Å². The van der Waals surface area contributed by atoms with Gasteiger partial charge in [0.25, 0.3) is 0 Å². The van der Waals surface area contributed by atoms with Gasteiger partial charge in [-0.05, 0) is 45.4 Å². The zero-order valence-corrected chi connectivity index (χ0v) is 14.7. The third-order valence-corrected chi connectivity index (χ3v) is 5.82. The van der Waals surface area contributed by atoms with Crippen molar-refractivity contribution in [2.45, 2.75) is 76.7 Å². The average molecular weight is 323 g/mol. The molecule has 5 heteroatoms. The fourth-order valence-corrected chi connectivity index (χ4v) is 4.75. The van der Waals surface area contributed by atoms with E-state index in [1.165, 1.54) is 6.42 Å². The van der Waals surface area contributed by atoms with E-state index in [4.69, 9.17) is 10.5 Å². The van der Waals surface area contributed by atoms with Crippen molar-refractivity contribution in [3.8, 4) is 0 Å². The number of hydrogen-bond acceptors (Lipinski definition) is 4. The summed E-state index contributed by atoms with van der Waals surface area (Å²) >= 11 is 0. The van der Waals surface area contributed by atoms with Gasteiger partial charge in [-0.2, -0.15) is 0 Å². The minimum Gasteiger partial charge on any atom is -0.373 e. The molecule has 0 radical (unpaired) electrons. The third kappa shape index (κ3) is 4.25. The first-order valence-electron chi connectivity index (χ1n) is 9.45. The molecule has 1 saturated carbocycles. The maximum atomic E-state index is 12.8. The minimum absolute atomic E-state index is 0.237. The Balaban J connectivity index is 1.53. The molecule has 0 aromatic heterocycles. The maximum absolute atomic E-state index is 12.8. The normalized spacial score (nSPS) is 39.1. The van der Waals surface area contributed by atoms with E-state index in [1.54, 1.807) is 0 Å². The Kier molecular flexibility index (Phi) is 5.60. The molecule has 3 rings (SSSR count). The average Bonchev–Trinajstić information content (AvgIpc) is 3.07. The van der Waals surface area contributed by atoms with Gasteiger partial charge in [-0.15, -0.1) is 0 Å². The van der Waals surface area contributed by atoms with Crippen molar-refractivity contribution in [3.63, 3.8) is 0 Å². The van der Waals surface area contributed by atoms with Crippen LogP contribution in [0.25, 0.3) is 0 Å². The number of carbonyl (C=O) groups is 1. The fourth-order valence-electron chi connectivity index (χ4n) is 4.75. The van der Waals surface area contributed by atoms with E-state index in [0.717, 1.165) is 51.9 Å². The summed E-state index contributed by atoms with van der Waals surface area (Å²) in [4.78, 5) is 17.4. The number of nitrogens with two attached hydrogens (primary N) is 1. The predicted molar refractivity (Wildman–Crippen MR) is 91.1 cm³/mol. The first-order valence-corrected chi connectivity index (χ1v) is 9.45. The lowest BCUT2D eigenvalue weighted by Gasteiger charge is -2.38. The maximum Gasteiger partial charge on any atom is 0.223 e. The molecule has 0 aromatic rings. The number of carbonyl (C=O) groups excluding carboxylic acids is 1. The topological polar surface area (TPSA) is 58.8 Å². The second kappa shape index (κ2) is 7.49. The van der Waals surface area contributed by atoms with Crippen LogP contribution < -0.4 is 5.73 Å². The van der Waals surface area contributed by atoms with E-state index in [1.807, 2.05) is 0 Å². The third-order valence-electron chi connectivity index (χ3n) is 5.82. The van der Waals surface area contributed by atoms with Crippen molar-refractivity contribution in [2.75, 3.05) is 26.2 Å². The van der Waals surface area contributed by atoms with Crippen LogP contribution in [0.4, 0.5) is 0 Å². The highest BCUT2D eigenvalue weighted by atomic mass is 16.5. The molecular formula is C18H33N3O2. The molecule has 5 nitrogen and oxygen atoms in total. The van der Waals surface area contributed by atoms with Crippen LogP contribution >= 0.6 is 0 Å². The molecule has 132 valence electrons. The van der Waals surface area contributed by atoms with Crippen molar-refractivity contribution in [2.24, 2.45) is 11.7 Å². The van der Waals surface area contributed by atoms with Crippen molar-refractivity contribution in [3.05, 3.63) is 0 Å². The van der Waals surface area contributed by atoms with Crippen LogP contribution in [0.2, 0.25) is 0 Å². The van der Waals surface area contributed by atoms with Gasteiger partial charge in [0, 0.05) is 44.7 Å². The van der Waals surface area contributed by atoms with Gasteiger partial charge in [0.15, 0.2) is 0 Å². The first-order chi connectivity index (χ1) is 11.0. The second-order valence-corrected chi connectivity index (χ2v) is 7.92. The van der Waals surface area contributed by atoms with Gasteiger partial charge < -0.3 is 15.4 Å². The molecule has 23 heavy (non-hydrogen) atoms. The highest BCUT2D eigenvalue weighted by molar-refractivity contribution is 5.77. The largest absolute Gasteiger partial charge is 0.373 e. The second-order valence-electron chi connectivity index (χ2n) is 7.92. The van der Waals surface area contributed by atoms with Gasteiger partial charge in [0.05, 0.1) is 12.2 Å². The van der Waals surface area contributed by atoms with Gasteiger partial charge in [-0.3, -0.25) is 9.69 Å². The number of ether oxygens (including phenoxy) is 1. The first kappa shape index (κ1) is 17.2. The van der Waals surface area contributed by atoms with Crippen LogP contribution in [0, 0.1) is 5.92 Å². The Bertz CT molecular complexity index is 407. The molecule has 1 aliphatic carbocycles. The van der Waals surface area contributed by atoms with E-state index in [9.17, 15) is 4.79 Å². The van der Waals surface area contributed by atoms with Crippen LogP contribution in [0.3, 0.4) is 0 Å². The van der Waals surface area contributed by atoms with E-state index in [2.05, 4.69) is 23.6 Å². The van der Waals surface area contributed by atoms with Gasteiger partial charge >= 0.3 is 0 Å². The molecule has 2 aliphatic heterocycles. The summed E-state index contributed by atoms with van der Waals surface area (Å²) in [6, 6.07) is 0.624.